The maximum absolute atomic E-state index is 12.4. The van der Waals surface area contributed by atoms with Crippen molar-refractivity contribution in [2.45, 2.75) is 33.1 Å². The predicted octanol–water partition coefficient (Wildman–Crippen LogP) is 0.371. The summed E-state index contributed by atoms with van der Waals surface area (Å²) in [5, 5.41) is 8.71. The lowest BCUT2D eigenvalue weighted by Crippen LogP contribution is -2.47. The van der Waals surface area contributed by atoms with Crippen LogP contribution in [0.4, 0.5) is 0 Å². The maximum atomic E-state index is 12.4. The highest BCUT2D eigenvalue weighted by atomic mass is 32.2. The van der Waals surface area contributed by atoms with Gasteiger partial charge in [0.2, 0.25) is 15.9 Å². The first-order valence-electron chi connectivity index (χ1n) is 7.30. The van der Waals surface area contributed by atoms with Gasteiger partial charge in [-0.2, -0.15) is 0 Å². The molecule has 1 fully saturated rings. The van der Waals surface area contributed by atoms with Crippen LogP contribution in [0, 0.1) is 5.92 Å². The van der Waals surface area contributed by atoms with E-state index in [1.165, 1.54) is 9.21 Å². The van der Waals surface area contributed by atoms with Crippen molar-refractivity contribution >= 4 is 21.9 Å². The smallest absolute Gasteiger partial charge is 0.305 e. The summed E-state index contributed by atoms with van der Waals surface area (Å²) in [5.74, 6) is -1.42. The van der Waals surface area contributed by atoms with Crippen molar-refractivity contribution in [3.05, 3.63) is 0 Å². The summed E-state index contributed by atoms with van der Waals surface area (Å²) in [6, 6.07) is 0. The summed E-state index contributed by atoms with van der Waals surface area (Å²) in [6.07, 6.45) is 1.22. The lowest BCUT2D eigenvalue weighted by Gasteiger charge is -2.33. The van der Waals surface area contributed by atoms with Crippen molar-refractivity contribution < 1.29 is 23.1 Å². The molecule has 0 bridgehead atoms. The minimum absolute atomic E-state index is 0.0322. The minimum atomic E-state index is -3.28. The van der Waals surface area contributed by atoms with Gasteiger partial charge in [0.1, 0.15) is 0 Å². The Kier molecular flexibility index (Phi) is 6.60. The Morgan fingerprint density at radius 2 is 2.00 bits per heavy atom. The molecule has 1 rings (SSSR count). The monoisotopic (exact) mass is 320 g/mol. The highest BCUT2D eigenvalue weighted by Crippen LogP contribution is 2.21. The number of carbonyl (C=O) groups excluding carboxylic acids is 1. The molecular formula is C13H24N2O5S. The summed E-state index contributed by atoms with van der Waals surface area (Å²) >= 11 is 0. The molecule has 1 saturated heterocycles. The minimum Gasteiger partial charge on any atom is -0.481 e. The van der Waals surface area contributed by atoms with E-state index in [0.29, 0.717) is 25.9 Å². The first-order chi connectivity index (χ1) is 9.81. The Morgan fingerprint density at radius 3 is 2.52 bits per heavy atom. The lowest BCUT2D eigenvalue weighted by molar-refractivity contribution is -0.140. The van der Waals surface area contributed by atoms with E-state index < -0.39 is 16.0 Å². The molecule has 0 radical (unpaired) electrons. The van der Waals surface area contributed by atoms with Crippen molar-refractivity contribution in [3.63, 3.8) is 0 Å². The third kappa shape index (κ3) is 4.96. The van der Waals surface area contributed by atoms with Crippen LogP contribution in [0.2, 0.25) is 0 Å². The second kappa shape index (κ2) is 7.74. The number of carboxylic acid groups (broad SMARTS) is 1. The fraction of sp³-hybridized carbons (Fsp3) is 0.846. The fourth-order valence-corrected chi connectivity index (χ4v) is 3.67. The zero-order valence-electron chi connectivity index (χ0n) is 12.6. The Hall–Kier alpha value is -1.15. The molecule has 8 heteroatoms. The van der Waals surface area contributed by atoms with E-state index in [9.17, 15) is 18.0 Å². The second-order valence-corrected chi connectivity index (χ2v) is 7.42. The quantitative estimate of drug-likeness (QED) is 0.731. The standard InChI is InChI=1S/C13H24N2O5S/c1-3-14(9-7-12(16)17)13(18)11-6-5-8-15(10-11)21(19,20)4-2/h11H,3-10H2,1-2H3,(H,16,17). The van der Waals surface area contributed by atoms with Crippen molar-refractivity contribution in [3.8, 4) is 0 Å². The van der Waals surface area contributed by atoms with Crippen LogP contribution >= 0.6 is 0 Å². The number of nitrogens with zero attached hydrogens (tertiary/aromatic N) is 2. The number of carbonyl (C=O) groups is 2. The SMILES string of the molecule is CCN(CCC(=O)O)C(=O)C1CCCN(S(=O)(=O)CC)C1. The first-order valence-corrected chi connectivity index (χ1v) is 8.91. The van der Waals surface area contributed by atoms with Gasteiger partial charge in [-0.05, 0) is 26.7 Å². The van der Waals surface area contributed by atoms with Crippen LogP contribution in [0.1, 0.15) is 33.1 Å². The average molecular weight is 320 g/mol. The number of hydrogen-bond acceptors (Lipinski definition) is 4. The molecule has 0 spiro atoms. The van der Waals surface area contributed by atoms with Gasteiger partial charge in [0.15, 0.2) is 0 Å². The molecule has 1 aliphatic heterocycles. The van der Waals surface area contributed by atoms with Crippen LogP contribution in [0.15, 0.2) is 0 Å². The summed E-state index contributed by atoms with van der Waals surface area (Å²) in [6.45, 7) is 4.65. The van der Waals surface area contributed by atoms with E-state index >= 15 is 0 Å². The Labute approximate surface area is 126 Å². The van der Waals surface area contributed by atoms with Gasteiger partial charge in [0, 0.05) is 26.2 Å². The van der Waals surface area contributed by atoms with Gasteiger partial charge in [-0.3, -0.25) is 9.59 Å². The van der Waals surface area contributed by atoms with E-state index in [4.69, 9.17) is 5.11 Å². The fourth-order valence-electron chi connectivity index (χ4n) is 2.49. The largest absolute Gasteiger partial charge is 0.481 e. The van der Waals surface area contributed by atoms with Crippen LogP contribution in [0.25, 0.3) is 0 Å². The first kappa shape index (κ1) is 17.9. The molecule has 1 heterocycles. The Bertz CT molecular complexity index is 477. The van der Waals surface area contributed by atoms with Crippen LogP contribution in [0.3, 0.4) is 0 Å². The Morgan fingerprint density at radius 1 is 1.33 bits per heavy atom. The molecule has 0 aliphatic carbocycles. The van der Waals surface area contributed by atoms with E-state index in [1.807, 2.05) is 0 Å². The lowest BCUT2D eigenvalue weighted by atomic mass is 9.98. The zero-order chi connectivity index (χ0) is 16.0. The van der Waals surface area contributed by atoms with E-state index in [0.717, 1.165) is 0 Å². The molecule has 0 aromatic heterocycles. The number of rotatable bonds is 7. The highest BCUT2D eigenvalue weighted by molar-refractivity contribution is 7.89. The number of piperidine rings is 1. The van der Waals surface area contributed by atoms with E-state index in [-0.39, 0.29) is 37.1 Å². The van der Waals surface area contributed by atoms with Gasteiger partial charge >= 0.3 is 5.97 Å². The molecule has 21 heavy (non-hydrogen) atoms. The molecule has 0 saturated carbocycles. The molecule has 1 unspecified atom stereocenters. The number of hydrogen-bond donors (Lipinski definition) is 1. The molecule has 7 nitrogen and oxygen atoms in total. The maximum Gasteiger partial charge on any atom is 0.305 e. The van der Waals surface area contributed by atoms with Crippen LogP contribution in [-0.2, 0) is 19.6 Å². The van der Waals surface area contributed by atoms with Crippen LogP contribution < -0.4 is 0 Å². The predicted molar refractivity (Wildman–Crippen MR) is 78.3 cm³/mol. The molecule has 0 aromatic carbocycles. The number of carboxylic acids is 1. The van der Waals surface area contributed by atoms with Crippen LogP contribution in [0.5, 0.6) is 0 Å². The molecule has 1 N–H and O–H groups in total. The molecule has 1 atom stereocenters. The van der Waals surface area contributed by atoms with Gasteiger partial charge in [-0.15, -0.1) is 0 Å². The molecule has 122 valence electrons. The van der Waals surface area contributed by atoms with Crippen molar-refractivity contribution in [1.82, 2.24) is 9.21 Å². The molecule has 1 amide bonds. The number of amides is 1. The highest BCUT2D eigenvalue weighted by Gasteiger charge is 2.33. The van der Waals surface area contributed by atoms with Gasteiger partial charge in [-0.25, -0.2) is 12.7 Å². The van der Waals surface area contributed by atoms with E-state index in [1.54, 1.807) is 13.8 Å². The third-order valence-corrected chi connectivity index (χ3v) is 5.63. The molecule has 0 aromatic rings. The Balaban J connectivity index is 2.70. The molecular weight excluding hydrogens is 296 g/mol. The third-order valence-electron chi connectivity index (χ3n) is 3.78. The van der Waals surface area contributed by atoms with Gasteiger partial charge in [-0.1, -0.05) is 0 Å². The number of sulfonamides is 1. The van der Waals surface area contributed by atoms with Crippen LogP contribution in [-0.4, -0.2) is 66.5 Å². The second-order valence-electron chi connectivity index (χ2n) is 5.16. The average Bonchev–Trinajstić information content (AvgIpc) is 2.47. The summed E-state index contributed by atoms with van der Waals surface area (Å²) in [5.41, 5.74) is 0. The normalized spacial score (nSPS) is 20.2. The van der Waals surface area contributed by atoms with Crippen molar-refractivity contribution in [1.29, 1.82) is 0 Å². The summed E-state index contributed by atoms with van der Waals surface area (Å²) in [7, 11) is -3.28. The van der Waals surface area contributed by atoms with Gasteiger partial charge < -0.3 is 10.0 Å². The number of aliphatic carboxylic acids is 1. The van der Waals surface area contributed by atoms with Crippen molar-refractivity contribution in [2.24, 2.45) is 5.92 Å². The zero-order valence-corrected chi connectivity index (χ0v) is 13.4. The van der Waals surface area contributed by atoms with Gasteiger partial charge in [0.25, 0.3) is 0 Å². The summed E-state index contributed by atoms with van der Waals surface area (Å²) < 4.78 is 25.2. The summed E-state index contributed by atoms with van der Waals surface area (Å²) in [4.78, 5) is 24.5. The van der Waals surface area contributed by atoms with Gasteiger partial charge in [0.05, 0.1) is 18.1 Å². The topological polar surface area (TPSA) is 95.0 Å². The van der Waals surface area contributed by atoms with E-state index in [2.05, 4.69) is 0 Å². The van der Waals surface area contributed by atoms with Crippen molar-refractivity contribution in [2.75, 3.05) is 31.9 Å². The molecule has 1 aliphatic rings.